The van der Waals surface area contributed by atoms with Gasteiger partial charge in [-0.3, -0.25) is 4.79 Å². The van der Waals surface area contributed by atoms with Crippen LogP contribution in [-0.2, 0) is 22.5 Å². The molecule has 0 aromatic heterocycles. The second kappa shape index (κ2) is 8.82. The van der Waals surface area contributed by atoms with Crippen molar-refractivity contribution in [2.45, 2.75) is 26.0 Å². The first-order valence-electron chi connectivity index (χ1n) is 10.0. The summed E-state index contributed by atoms with van der Waals surface area (Å²) in [6.07, 6.45) is -0.0800. The Kier molecular flexibility index (Phi) is 5.80. The molecule has 1 aliphatic rings. The number of fused-ring (bicyclic) bond motifs is 1. The number of rotatable bonds is 5. The zero-order valence-corrected chi connectivity index (χ0v) is 16.8. The molecule has 3 aromatic carbocycles. The van der Waals surface area contributed by atoms with E-state index in [9.17, 15) is 9.59 Å². The number of para-hydroxylation sites is 2. The molecule has 0 unspecified atom stereocenters. The predicted octanol–water partition coefficient (Wildman–Crippen LogP) is 4.61. The van der Waals surface area contributed by atoms with Gasteiger partial charge < -0.3 is 14.4 Å². The molecule has 0 saturated carbocycles. The van der Waals surface area contributed by atoms with Crippen LogP contribution in [0, 0.1) is 0 Å². The van der Waals surface area contributed by atoms with Gasteiger partial charge in [-0.1, -0.05) is 54.6 Å². The van der Waals surface area contributed by atoms with E-state index >= 15 is 0 Å². The Morgan fingerprint density at radius 2 is 1.53 bits per heavy atom. The van der Waals surface area contributed by atoms with Crippen molar-refractivity contribution >= 4 is 11.9 Å². The Morgan fingerprint density at radius 3 is 2.33 bits per heavy atom. The van der Waals surface area contributed by atoms with Gasteiger partial charge in [0.2, 0.25) is 0 Å². The molecule has 0 spiro atoms. The number of hydrogen-bond acceptors (Lipinski definition) is 4. The van der Waals surface area contributed by atoms with E-state index in [0.29, 0.717) is 24.6 Å². The number of carbonyl (C=O) groups excluding carboxylic acids is 2. The molecule has 30 heavy (non-hydrogen) atoms. The average molecular weight is 401 g/mol. The Labute approximate surface area is 175 Å². The van der Waals surface area contributed by atoms with Crippen LogP contribution in [0.15, 0.2) is 78.9 Å². The third-order valence-corrected chi connectivity index (χ3v) is 5.15. The Bertz CT molecular complexity index is 1050. The number of esters is 1. The third kappa shape index (κ3) is 4.35. The van der Waals surface area contributed by atoms with E-state index in [4.69, 9.17) is 9.47 Å². The van der Waals surface area contributed by atoms with Crippen LogP contribution in [0.25, 0.3) is 0 Å². The van der Waals surface area contributed by atoms with Crippen molar-refractivity contribution in [2.24, 2.45) is 0 Å². The van der Waals surface area contributed by atoms with E-state index in [-0.39, 0.29) is 11.5 Å². The van der Waals surface area contributed by atoms with Crippen LogP contribution in [0.2, 0.25) is 0 Å². The van der Waals surface area contributed by atoms with Crippen LogP contribution < -0.4 is 4.74 Å². The number of carbonyl (C=O) groups is 2. The van der Waals surface area contributed by atoms with Crippen LogP contribution in [0.5, 0.6) is 11.5 Å². The number of benzene rings is 3. The van der Waals surface area contributed by atoms with Gasteiger partial charge in [0.25, 0.3) is 5.91 Å². The maximum atomic E-state index is 12.9. The first kappa shape index (κ1) is 19.7. The summed E-state index contributed by atoms with van der Waals surface area (Å²) in [7, 11) is 0. The summed E-state index contributed by atoms with van der Waals surface area (Å²) in [5.74, 6) is 0.230. The standard InChI is InChI=1S/C25H23NO4/c1-18(24(27)26-16-15-19-9-5-6-10-20(19)17-26)29-25(28)22-13-7-8-14-23(22)30-21-11-3-2-4-12-21/h2-14,18H,15-17H2,1H3/t18-/m0/s1. The lowest BCUT2D eigenvalue weighted by Crippen LogP contribution is -2.42. The lowest BCUT2D eigenvalue weighted by Gasteiger charge is -2.30. The minimum atomic E-state index is -0.882. The zero-order chi connectivity index (χ0) is 20.9. The van der Waals surface area contributed by atoms with Gasteiger partial charge in [-0.05, 0) is 48.7 Å². The van der Waals surface area contributed by atoms with Gasteiger partial charge in [0, 0.05) is 13.1 Å². The SMILES string of the molecule is C[C@H](OC(=O)c1ccccc1Oc1ccccc1)C(=O)N1CCc2ccccc2C1. The minimum absolute atomic E-state index is 0.195. The van der Waals surface area contributed by atoms with Gasteiger partial charge in [-0.25, -0.2) is 4.79 Å². The molecular weight excluding hydrogens is 378 g/mol. The fourth-order valence-electron chi connectivity index (χ4n) is 3.56. The largest absolute Gasteiger partial charge is 0.456 e. The van der Waals surface area contributed by atoms with Gasteiger partial charge >= 0.3 is 5.97 Å². The molecule has 1 heterocycles. The lowest BCUT2D eigenvalue weighted by atomic mass is 9.99. The van der Waals surface area contributed by atoms with Crippen molar-refractivity contribution in [1.82, 2.24) is 4.90 Å². The second-order valence-electron chi connectivity index (χ2n) is 7.24. The van der Waals surface area contributed by atoms with Crippen LogP contribution in [0.4, 0.5) is 0 Å². The Morgan fingerprint density at radius 1 is 0.867 bits per heavy atom. The van der Waals surface area contributed by atoms with E-state index in [2.05, 4.69) is 6.07 Å². The van der Waals surface area contributed by atoms with Crippen molar-refractivity contribution in [3.8, 4) is 11.5 Å². The lowest BCUT2D eigenvalue weighted by molar-refractivity contribution is -0.140. The molecule has 0 N–H and O–H groups in total. The zero-order valence-electron chi connectivity index (χ0n) is 16.8. The molecule has 0 saturated heterocycles. The van der Waals surface area contributed by atoms with Gasteiger partial charge in [0.05, 0.1) is 0 Å². The highest BCUT2D eigenvalue weighted by atomic mass is 16.5. The fraction of sp³-hybridized carbons (Fsp3) is 0.200. The van der Waals surface area contributed by atoms with Gasteiger partial charge in [0.1, 0.15) is 17.1 Å². The van der Waals surface area contributed by atoms with Gasteiger partial charge in [0.15, 0.2) is 6.10 Å². The molecular formula is C25H23NO4. The third-order valence-electron chi connectivity index (χ3n) is 5.15. The Hall–Kier alpha value is -3.60. The maximum absolute atomic E-state index is 12.9. The smallest absolute Gasteiger partial charge is 0.342 e. The number of ether oxygens (including phenoxy) is 2. The molecule has 5 heteroatoms. The summed E-state index contributed by atoms with van der Waals surface area (Å²) in [6.45, 7) is 2.76. The van der Waals surface area contributed by atoms with Crippen LogP contribution in [0.3, 0.4) is 0 Å². The quantitative estimate of drug-likeness (QED) is 0.586. The number of amides is 1. The molecule has 0 fully saturated rings. The van der Waals surface area contributed by atoms with Crippen molar-refractivity contribution in [3.05, 3.63) is 95.6 Å². The van der Waals surface area contributed by atoms with Crippen LogP contribution in [0.1, 0.15) is 28.4 Å². The molecule has 1 aliphatic heterocycles. The highest BCUT2D eigenvalue weighted by molar-refractivity contribution is 5.94. The molecule has 0 radical (unpaired) electrons. The maximum Gasteiger partial charge on any atom is 0.342 e. The van der Waals surface area contributed by atoms with E-state index in [1.807, 2.05) is 48.5 Å². The molecule has 3 aromatic rings. The predicted molar refractivity (Wildman–Crippen MR) is 113 cm³/mol. The van der Waals surface area contributed by atoms with Crippen molar-refractivity contribution < 1.29 is 19.1 Å². The van der Waals surface area contributed by atoms with E-state index in [1.54, 1.807) is 36.1 Å². The topological polar surface area (TPSA) is 55.8 Å². The average Bonchev–Trinajstić information content (AvgIpc) is 2.79. The monoisotopic (exact) mass is 401 g/mol. The van der Waals surface area contributed by atoms with E-state index in [1.165, 1.54) is 5.56 Å². The van der Waals surface area contributed by atoms with E-state index in [0.717, 1.165) is 12.0 Å². The highest BCUT2D eigenvalue weighted by Crippen LogP contribution is 2.26. The van der Waals surface area contributed by atoms with Crippen molar-refractivity contribution in [3.63, 3.8) is 0 Å². The summed E-state index contributed by atoms with van der Waals surface area (Å²) in [6, 6.07) is 24.2. The van der Waals surface area contributed by atoms with Gasteiger partial charge in [-0.2, -0.15) is 0 Å². The minimum Gasteiger partial charge on any atom is -0.456 e. The van der Waals surface area contributed by atoms with Gasteiger partial charge in [-0.15, -0.1) is 0 Å². The molecule has 5 nitrogen and oxygen atoms in total. The van der Waals surface area contributed by atoms with E-state index < -0.39 is 12.1 Å². The summed E-state index contributed by atoms with van der Waals surface area (Å²) in [4.78, 5) is 27.4. The molecule has 1 atom stereocenters. The second-order valence-corrected chi connectivity index (χ2v) is 7.24. The normalized spacial score (nSPS) is 13.8. The van der Waals surface area contributed by atoms with Crippen molar-refractivity contribution in [1.29, 1.82) is 0 Å². The first-order chi connectivity index (χ1) is 14.6. The molecule has 0 aliphatic carbocycles. The summed E-state index contributed by atoms with van der Waals surface area (Å²) >= 11 is 0. The summed E-state index contributed by atoms with van der Waals surface area (Å²) < 4.78 is 11.3. The molecule has 1 amide bonds. The highest BCUT2D eigenvalue weighted by Gasteiger charge is 2.28. The fourth-order valence-corrected chi connectivity index (χ4v) is 3.56. The summed E-state index contributed by atoms with van der Waals surface area (Å²) in [5, 5.41) is 0. The Balaban J connectivity index is 1.43. The number of hydrogen-bond donors (Lipinski definition) is 0. The van der Waals surface area contributed by atoms with Crippen molar-refractivity contribution in [2.75, 3.05) is 6.54 Å². The first-order valence-corrected chi connectivity index (χ1v) is 10.0. The van der Waals surface area contributed by atoms with Crippen LogP contribution >= 0.6 is 0 Å². The van der Waals surface area contributed by atoms with Crippen LogP contribution in [-0.4, -0.2) is 29.4 Å². The molecule has 4 rings (SSSR count). The molecule has 0 bridgehead atoms. The summed E-state index contributed by atoms with van der Waals surface area (Å²) in [5.41, 5.74) is 2.68. The molecule has 152 valence electrons. The number of nitrogens with zero attached hydrogens (tertiary/aromatic N) is 1.